The van der Waals surface area contributed by atoms with E-state index < -0.39 is 23.8 Å². The van der Waals surface area contributed by atoms with Crippen LogP contribution in [0.5, 0.6) is 0 Å². The van der Waals surface area contributed by atoms with E-state index >= 15 is 0 Å². The van der Waals surface area contributed by atoms with E-state index in [0.717, 1.165) is 6.08 Å². The van der Waals surface area contributed by atoms with Gasteiger partial charge in [0, 0.05) is 0 Å². The van der Waals surface area contributed by atoms with Crippen molar-refractivity contribution in [3.05, 3.63) is 47.8 Å². The summed E-state index contributed by atoms with van der Waals surface area (Å²) < 4.78 is 13.4. The van der Waals surface area contributed by atoms with Crippen molar-refractivity contribution in [1.29, 1.82) is 0 Å². The third kappa shape index (κ3) is 3.17. The van der Waals surface area contributed by atoms with Crippen LogP contribution >= 0.6 is 0 Å². The van der Waals surface area contributed by atoms with Crippen LogP contribution in [0.25, 0.3) is 0 Å². The Morgan fingerprint density at radius 1 is 1.38 bits per heavy atom. The lowest BCUT2D eigenvalue weighted by molar-refractivity contribution is -0.139. The lowest BCUT2D eigenvalue weighted by atomic mass is 10.1. The number of rotatable bonds is 4. The fourth-order valence-corrected chi connectivity index (χ4v) is 1.20. The molecule has 0 aromatic heterocycles. The molecular formula is C12H13FO3. The van der Waals surface area contributed by atoms with Crippen LogP contribution in [0.3, 0.4) is 0 Å². The van der Waals surface area contributed by atoms with Crippen molar-refractivity contribution in [3.8, 4) is 0 Å². The lowest BCUT2D eigenvalue weighted by Crippen LogP contribution is -2.08. The number of benzene rings is 1. The van der Waals surface area contributed by atoms with Gasteiger partial charge in [-0.15, -0.1) is 0 Å². The summed E-state index contributed by atoms with van der Waals surface area (Å²) in [6, 6.07) is 8.24. The highest BCUT2D eigenvalue weighted by Crippen LogP contribution is 2.23. The Labute approximate surface area is 92.8 Å². The number of aliphatic carboxylic acids is 1. The minimum Gasteiger partial charge on any atom is -0.481 e. The Morgan fingerprint density at radius 2 is 1.94 bits per heavy atom. The number of hydrogen-bond donors (Lipinski definition) is 2. The van der Waals surface area contributed by atoms with Gasteiger partial charge in [-0.3, -0.25) is 4.79 Å². The summed E-state index contributed by atoms with van der Waals surface area (Å²) in [5.74, 6) is -2.94. The van der Waals surface area contributed by atoms with Crippen molar-refractivity contribution in [2.75, 3.05) is 0 Å². The van der Waals surface area contributed by atoms with Gasteiger partial charge in [-0.05, 0) is 18.6 Å². The van der Waals surface area contributed by atoms with E-state index in [-0.39, 0.29) is 0 Å². The van der Waals surface area contributed by atoms with E-state index in [9.17, 15) is 14.3 Å². The van der Waals surface area contributed by atoms with E-state index in [1.54, 1.807) is 30.3 Å². The first-order valence-corrected chi connectivity index (χ1v) is 4.85. The molecule has 1 aromatic rings. The maximum atomic E-state index is 13.4. The minimum absolute atomic E-state index is 0.397. The SMILES string of the molecule is C[C@@H](/C=C(\F)[C@@H](O)c1ccccc1)C(=O)O. The lowest BCUT2D eigenvalue weighted by Gasteiger charge is -2.09. The van der Waals surface area contributed by atoms with Crippen LogP contribution in [0.1, 0.15) is 18.6 Å². The van der Waals surface area contributed by atoms with E-state index in [1.165, 1.54) is 6.92 Å². The molecule has 3 nitrogen and oxygen atoms in total. The number of carboxylic acid groups (broad SMARTS) is 1. The first-order chi connectivity index (χ1) is 7.52. The Morgan fingerprint density at radius 3 is 2.44 bits per heavy atom. The fraction of sp³-hybridized carbons (Fsp3) is 0.250. The Kier molecular flexibility index (Phi) is 4.19. The van der Waals surface area contributed by atoms with Crippen LogP contribution in [0, 0.1) is 5.92 Å². The molecule has 2 N–H and O–H groups in total. The number of hydrogen-bond acceptors (Lipinski definition) is 2. The largest absolute Gasteiger partial charge is 0.481 e. The summed E-state index contributed by atoms with van der Waals surface area (Å²) in [5.41, 5.74) is 0.397. The molecule has 0 fully saturated rings. The maximum absolute atomic E-state index is 13.4. The van der Waals surface area contributed by atoms with Crippen LogP contribution in [-0.2, 0) is 4.79 Å². The van der Waals surface area contributed by atoms with Gasteiger partial charge in [0.2, 0.25) is 0 Å². The van der Waals surface area contributed by atoms with Crippen molar-refractivity contribution < 1.29 is 19.4 Å². The molecule has 1 rings (SSSR count). The molecule has 0 saturated carbocycles. The molecule has 0 heterocycles. The number of carboxylic acids is 1. The molecule has 4 heteroatoms. The summed E-state index contributed by atoms with van der Waals surface area (Å²) in [7, 11) is 0. The van der Waals surface area contributed by atoms with Crippen LogP contribution in [-0.4, -0.2) is 16.2 Å². The van der Waals surface area contributed by atoms with Crippen molar-refractivity contribution in [3.63, 3.8) is 0 Å². The van der Waals surface area contributed by atoms with E-state index in [0.29, 0.717) is 5.56 Å². The van der Waals surface area contributed by atoms with Gasteiger partial charge in [0.05, 0.1) is 5.92 Å². The second-order valence-corrected chi connectivity index (χ2v) is 3.49. The van der Waals surface area contributed by atoms with Gasteiger partial charge in [0.15, 0.2) is 0 Å². The number of carbonyl (C=O) groups is 1. The molecule has 2 atom stereocenters. The molecule has 0 aliphatic heterocycles. The molecule has 86 valence electrons. The third-order valence-electron chi connectivity index (χ3n) is 2.18. The van der Waals surface area contributed by atoms with E-state index in [4.69, 9.17) is 5.11 Å². The Bertz CT molecular complexity index is 387. The molecule has 16 heavy (non-hydrogen) atoms. The molecule has 0 radical (unpaired) electrons. The maximum Gasteiger partial charge on any atom is 0.310 e. The number of halogens is 1. The smallest absolute Gasteiger partial charge is 0.310 e. The average molecular weight is 224 g/mol. The van der Waals surface area contributed by atoms with Gasteiger partial charge in [-0.2, -0.15) is 0 Å². The standard InChI is InChI=1S/C12H13FO3/c1-8(12(15)16)7-10(13)11(14)9-5-3-2-4-6-9/h2-8,11,14H,1H3,(H,15,16)/b10-7-/t8-,11-/m0/s1. The molecular weight excluding hydrogens is 211 g/mol. The second kappa shape index (κ2) is 5.42. The van der Waals surface area contributed by atoms with Crippen LogP contribution in [0.4, 0.5) is 4.39 Å². The van der Waals surface area contributed by atoms with Gasteiger partial charge in [0.1, 0.15) is 11.9 Å². The Hall–Kier alpha value is -1.68. The van der Waals surface area contributed by atoms with Crippen molar-refractivity contribution in [1.82, 2.24) is 0 Å². The molecule has 0 unspecified atom stereocenters. The quantitative estimate of drug-likeness (QED) is 0.825. The van der Waals surface area contributed by atoms with Crippen molar-refractivity contribution in [2.24, 2.45) is 5.92 Å². The van der Waals surface area contributed by atoms with Crippen LogP contribution < -0.4 is 0 Å². The molecule has 0 spiro atoms. The first-order valence-electron chi connectivity index (χ1n) is 4.85. The number of aliphatic hydroxyl groups is 1. The summed E-state index contributed by atoms with van der Waals surface area (Å²) >= 11 is 0. The normalized spacial score (nSPS) is 15.6. The highest BCUT2D eigenvalue weighted by atomic mass is 19.1. The molecule has 0 amide bonds. The molecule has 0 bridgehead atoms. The fourth-order valence-electron chi connectivity index (χ4n) is 1.20. The minimum atomic E-state index is -1.40. The average Bonchev–Trinajstić information content (AvgIpc) is 2.28. The summed E-state index contributed by atoms with van der Waals surface area (Å²) in [6.07, 6.45) is -0.497. The van der Waals surface area contributed by atoms with Gasteiger partial charge >= 0.3 is 5.97 Å². The molecule has 0 saturated heterocycles. The van der Waals surface area contributed by atoms with Crippen molar-refractivity contribution in [2.45, 2.75) is 13.0 Å². The highest BCUT2D eigenvalue weighted by molar-refractivity contribution is 5.71. The molecule has 0 aliphatic rings. The summed E-state index contributed by atoms with van der Waals surface area (Å²) in [5, 5.41) is 18.2. The molecule has 0 aliphatic carbocycles. The van der Waals surface area contributed by atoms with Gasteiger partial charge < -0.3 is 10.2 Å². The highest BCUT2D eigenvalue weighted by Gasteiger charge is 2.16. The monoisotopic (exact) mass is 224 g/mol. The summed E-state index contributed by atoms with van der Waals surface area (Å²) in [6.45, 7) is 1.35. The van der Waals surface area contributed by atoms with Crippen molar-refractivity contribution >= 4 is 5.97 Å². The van der Waals surface area contributed by atoms with Gasteiger partial charge in [-0.1, -0.05) is 30.3 Å². The zero-order chi connectivity index (χ0) is 12.1. The van der Waals surface area contributed by atoms with Gasteiger partial charge in [-0.25, -0.2) is 4.39 Å². The number of aliphatic hydroxyl groups excluding tert-OH is 1. The van der Waals surface area contributed by atoms with E-state index in [1.807, 2.05) is 0 Å². The van der Waals surface area contributed by atoms with Gasteiger partial charge in [0.25, 0.3) is 0 Å². The van der Waals surface area contributed by atoms with Crippen LogP contribution in [0.15, 0.2) is 42.2 Å². The zero-order valence-electron chi connectivity index (χ0n) is 8.80. The topological polar surface area (TPSA) is 57.5 Å². The Balaban J connectivity index is 2.82. The first kappa shape index (κ1) is 12.4. The molecule has 1 aromatic carbocycles. The van der Waals surface area contributed by atoms with Crippen LogP contribution in [0.2, 0.25) is 0 Å². The predicted octanol–water partition coefficient (Wildman–Crippen LogP) is 2.29. The third-order valence-corrected chi connectivity index (χ3v) is 2.18. The summed E-state index contributed by atoms with van der Waals surface area (Å²) in [4.78, 5) is 10.5. The predicted molar refractivity (Wildman–Crippen MR) is 57.4 cm³/mol. The second-order valence-electron chi connectivity index (χ2n) is 3.49. The van der Waals surface area contributed by atoms with E-state index in [2.05, 4.69) is 0 Å². The zero-order valence-corrected chi connectivity index (χ0v) is 8.80.